The lowest BCUT2D eigenvalue weighted by atomic mass is 9.74. The molecular weight excluding hydrogens is 660 g/mol. The Balaban J connectivity index is 6.59. The molecule has 0 aliphatic rings. The lowest BCUT2D eigenvalue weighted by molar-refractivity contribution is -0.283. The Morgan fingerprint density at radius 1 is 0.480 bits per heavy atom. The number of rotatable bonds is 32. The molecule has 0 fully saturated rings. The minimum atomic E-state index is -1.01. The van der Waals surface area contributed by atoms with E-state index in [2.05, 4.69) is 4.74 Å². The van der Waals surface area contributed by atoms with Crippen LogP contribution in [-0.4, -0.2) is 105 Å². The molecule has 50 heavy (non-hydrogen) atoms. The topological polar surface area (TPSA) is 170 Å². The molecule has 0 saturated carbocycles. The van der Waals surface area contributed by atoms with E-state index in [9.17, 15) is 19.2 Å². The first-order valence-electron chi connectivity index (χ1n) is 17.4. The Hall–Kier alpha value is -2.40. The average molecular weight is 725 g/mol. The molecule has 0 rings (SSSR count). The maximum atomic E-state index is 12.7. The van der Waals surface area contributed by atoms with Crippen LogP contribution in [0.4, 0.5) is 0 Å². The maximum absolute atomic E-state index is 12.7. The van der Waals surface area contributed by atoms with Gasteiger partial charge in [-0.25, -0.2) is 29.3 Å². The van der Waals surface area contributed by atoms with E-state index in [1.807, 2.05) is 34.6 Å². The van der Waals surface area contributed by atoms with Crippen LogP contribution >= 0.6 is 0 Å². The van der Waals surface area contributed by atoms with Gasteiger partial charge in [-0.3, -0.25) is 19.2 Å². The SMILES string of the molecule is CCCC(=O)OCC(COCC(COC(=O)CCC)(CC(C)COOC)CC(C)COOC)(COC(=O)CCC(=O)OC)CC(C)COOC. The van der Waals surface area contributed by atoms with Crippen molar-refractivity contribution in [2.24, 2.45) is 28.6 Å². The predicted octanol–water partition coefficient (Wildman–Crippen LogP) is 4.97. The van der Waals surface area contributed by atoms with Gasteiger partial charge in [0.25, 0.3) is 0 Å². The highest BCUT2D eigenvalue weighted by atomic mass is 17.2. The first-order valence-corrected chi connectivity index (χ1v) is 17.4. The van der Waals surface area contributed by atoms with Crippen LogP contribution in [0.2, 0.25) is 0 Å². The van der Waals surface area contributed by atoms with Gasteiger partial charge in [-0.05, 0) is 49.9 Å². The Bertz CT molecular complexity index is 914. The summed E-state index contributed by atoms with van der Waals surface area (Å²) in [4.78, 5) is 79.8. The number of carbonyl (C=O) groups excluding carboxylic acids is 4. The zero-order chi connectivity index (χ0) is 37.8. The molecule has 0 heterocycles. The summed E-state index contributed by atoms with van der Waals surface area (Å²) in [5.41, 5.74) is -1.72. The second-order valence-corrected chi connectivity index (χ2v) is 13.3. The van der Waals surface area contributed by atoms with Crippen molar-refractivity contribution in [1.82, 2.24) is 0 Å². The largest absolute Gasteiger partial charge is 0.469 e. The third kappa shape index (κ3) is 22.4. The van der Waals surface area contributed by atoms with Crippen molar-refractivity contribution in [3.8, 4) is 0 Å². The summed E-state index contributed by atoms with van der Waals surface area (Å²) >= 11 is 0. The molecule has 15 nitrogen and oxygen atoms in total. The quantitative estimate of drug-likeness (QED) is 0.0394. The molecule has 0 spiro atoms. The van der Waals surface area contributed by atoms with E-state index in [0.29, 0.717) is 45.3 Å². The van der Waals surface area contributed by atoms with Gasteiger partial charge in [-0.2, -0.15) is 0 Å². The number of methoxy groups -OCH3 is 1. The molecule has 0 aliphatic heterocycles. The second-order valence-electron chi connectivity index (χ2n) is 13.3. The Morgan fingerprint density at radius 3 is 1.20 bits per heavy atom. The summed E-state index contributed by atoms with van der Waals surface area (Å²) in [5.74, 6) is -2.07. The molecule has 4 unspecified atom stereocenters. The van der Waals surface area contributed by atoms with Crippen LogP contribution < -0.4 is 0 Å². The lowest BCUT2D eigenvalue weighted by Crippen LogP contribution is -2.43. The Labute approximate surface area is 298 Å². The highest BCUT2D eigenvalue weighted by Gasteiger charge is 2.40. The molecule has 0 aliphatic carbocycles. The molecule has 15 heteroatoms. The minimum absolute atomic E-state index is 0.00453. The highest BCUT2D eigenvalue weighted by molar-refractivity contribution is 5.77. The van der Waals surface area contributed by atoms with E-state index in [1.165, 1.54) is 28.4 Å². The molecular formula is C35H64O15. The first-order chi connectivity index (χ1) is 23.8. The van der Waals surface area contributed by atoms with Crippen molar-refractivity contribution in [3.63, 3.8) is 0 Å². The van der Waals surface area contributed by atoms with Crippen LogP contribution in [-0.2, 0) is 72.2 Å². The number of esters is 4. The normalized spacial score (nSPS) is 15.6. The third-order valence-electron chi connectivity index (χ3n) is 7.86. The third-order valence-corrected chi connectivity index (χ3v) is 7.86. The van der Waals surface area contributed by atoms with E-state index >= 15 is 0 Å². The molecule has 0 saturated heterocycles. The van der Waals surface area contributed by atoms with Crippen molar-refractivity contribution in [2.75, 3.05) is 81.3 Å². The van der Waals surface area contributed by atoms with Crippen molar-refractivity contribution < 1.29 is 72.2 Å². The number of carbonyl (C=O) groups is 4. The Morgan fingerprint density at radius 2 is 0.820 bits per heavy atom. The first kappa shape index (κ1) is 47.6. The van der Waals surface area contributed by atoms with Gasteiger partial charge in [-0.1, -0.05) is 34.6 Å². The van der Waals surface area contributed by atoms with Gasteiger partial charge >= 0.3 is 23.9 Å². The average Bonchev–Trinajstić information content (AvgIpc) is 3.08. The smallest absolute Gasteiger partial charge is 0.306 e. The summed E-state index contributed by atoms with van der Waals surface area (Å²) < 4.78 is 28.4. The zero-order valence-electron chi connectivity index (χ0n) is 31.9. The van der Waals surface area contributed by atoms with Crippen LogP contribution in [0, 0.1) is 28.6 Å². The van der Waals surface area contributed by atoms with Crippen molar-refractivity contribution >= 4 is 23.9 Å². The lowest BCUT2D eigenvalue weighted by Gasteiger charge is -2.39. The fraction of sp³-hybridized carbons (Fsp3) is 0.886. The van der Waals surface area contributed by atoms with E-state index in [4.69, 9.17) is 48.3 Å². The summed E-state index contributed by atoms with van der Waals surface area (Å²) in [6.07, 6.45) is 2.82. The van der Waals surface area contributed by atoms with Gasteiger partial charge in [0.2, 0.25) is 0 Å². The number of ether oxygens (including phenoxy) is 5. The van der Waals surface area contributed by atoms with E-state index in [-0.39, 0.29) is 89.0 Å². The summed E-state index contributed by atoms with van der Waals surface area (Å²) in [6, 6.07) is 0. The maximum Gasteiger partial charge on any atom is 0.306 e. The monoisotopic (exact) mass is 724 g/mol. The fourth-order valence-corrected chi connectivity index (χ4v) is 5.73. The van der Waals surface area contributed by atoms with Gasteiger partial charge in [-0.15, -0.1) is 0 Å². The van der Waals surface area contributed by atoms with Gasteiger partial charge in [0, 0.05) is 18.3 Å². The molecule has 0 bridgehead atoms. The Kier molecular flexibility index (Phi) is 26.9. The van der Waals surface area contributed by atoms with Gasteiger partial charge in [0.05, 0.1) is 86.3 Å². The van der Waals surface area contributed by atoms with Crippen molar-refractivity contribution in [1.29, 1.82) is 0 Å². The molecule has 4 atom stereocenters. The predicted molar refractivity (Wildman–Crippen MR) is 180 cm³/mol. The van der Waals surface area contributed by atoms with Crippen LogP contribution in [0.25, 0.3) is 0 Å². The zero-order valence-corrected chi connectivity index (χ0v) is 31.9. The van der Waals surface area contributed by atoms with Crippen molar-refractivity contribution in [2.45, 2.75) is 92.4 Å². The van der Waals surface area contributed by atoms with Crippen LogP contribution in [0.1, 0.15) is 92.4 Å². The summed E-state index contributed by atoms with van der Waals surface area (Å²) in [6.45, 7) is 10.4. The second kappa shape index (κ2) is 28.2. The van der Waals surface area contributed by atoms with Gasteiger partial charge in [0.1, 0.15) is 13.2 Å². The van der Waals surface area contributed by atoms with Gasteiger partial charge in [0.15, 0.2) is 0 Å². The summed E-state index contributed by atoms with van der Waals surface area (Å²) in [7, 11) is 5.52. The van der Waals surface area contributed by atoms with Crippen LogP contribution in [0.15, 0.2) is 0 Å². The standard InChI is InChI=1S/C35H64O15/c1-10-12-31(37)45-24-34(16-27(3)19-48-41-7,17-28(4)20-49-42-8)22-44-23-35(18-29(5)21-50-43-9,25-46-32(38)13-11-2)26-47-33(39)15-14-30(36)40-6/h27-29H,10-26H2,1-9H3. The molecule has 0 amide bonds. The van der Waals surface area contributed by atoms with E-state index in [1.54, 1.807) is 0 Å². The molecule has 0 radical (unpaired) electrons. The highest BCUT2D eigenvalue weighted by Crippen LogP contribution is 2.37. The number of hydrogen-bond acceptors (Lipinski definition) is 15. The molecule has 0 aromatic heterocycles. The molecule has 0 N–H and O–H groups in total. The molecule has 294 valence electrons. The minimum Gasteiger partial charge on any atom is -0.469 e. The number of hydrogen-bond donors (Lipinski definition) is 0. The van der Waals surface area contributed by atoms with Crippen LogP contribution in [0.3, 0.4) is 0 Å². The van der Waals surface area contributed by atoms with Crippen LogP contribution in [0.5, 0.6) is 0 Å². The molecule has 0 aromatic carbocycles. The summed E-state index contributed by atoms with van der Waals surface area (Å²) in [5, 5.41) is 0. The fourth-order valence-electron chi connectivity index (χ4n) is 5.73. The van der Waals surface area contributed by atoms with E-state index in [0.717, 1.165) is 0 Å². The van der Waals surface area contributed by atoms with Crippen molar-refractivity contribution in [3.05, 3.63) is 0 Å². The van der Waals surface area contributed by atoms with Gasteiger partial charge < -0.3 is 23.7 Å². The van der Waals surface area contributed by atoms with E-state index < -0.39 is 28.7 Å². The molecule has 0 aromatic rings.